The molecule has 0 bridgehead atoms. The van der Waals surface area contributed by atoms with Gasteiger partial charge in [-0.1, -0.05) is 25.2 Å². The first-order valence-electron chi connectivity index (χ1n) is 6.55. The molecule has 0 spiro atoms. The number of aliphatic hydroxyl groups is 1. The topological polar surface area (TPSA) is 40.5 Å². The van der Waals surface area contributed by atoms with Crippen LogP contribution in [0.15, 0.2) is 0 Å². The van der Waals surface area contributed by atoms with E-state index in [4.69, 9.17) is 0 Å². The van der Waals surface area contributed by atoms with Crippen LogP contribution < -0.4 is 0 Å². The molecule has 1 aliphatic rings. The molecule has 0 radical (unpaired) electrons. The van der Waals surface area contributed by atoms with Crippen LogP contribution in [0.5, 0.6) is 0 Å². The lowest BCUT2D eigenvalue weighted by Gasteiger charge is -2.30. The van der Waals surface area contributed by atoms with E-state index in [0.717, 1.165) is 25.9 Å². The van der Waals surface area contributed by atoms with Gasteiger partial charge in [-0.2, -0.15) is 0 Å². The molecule has 96 valence electrons. The second-order valence-corrected chi connectivity index (χ2v) is 4.75. The van der Waals surface area contributed by atoms with Gasteiger partial charge in [0.1, 0.15) is 5.78 Å². The minimum absolute atomic E-state index is 0.256. The van der Waals surface area contributed by atoms with Gasteiger partial charge in [-0.05, 0) is 13.3 Å². The fourth-order valence-corrected chi connectivity index (χ4v) is 2.03. The summed E-state index contributed by atoms with van der Waals surface area (Å²) in [6, 6.07) is 0.256. The Hall–Kier alpha value is -0.850. The second kappa shape index (κ2) is 7.47. The molecule has 3 nitrogen and oxygen atoms in total. The second-order valence-electron chi connectivity index (χ2n) is 4.75. The summed E-state index contributed by atoms with van der Waals surface area (Å²) in [5.74, 6) is 6.66. The van der Waals surface area contributed by atoms with Crippen LogP contribution >= 0.6 is 0 Å². The maximum atomic E-state index is 11.2. The zero-order valence-corrected chi connectivity index (χ0v) is 10.9. The summed E-state index contributed by atoms with van der Waals surface area (Å²) in [6.07, 6.45) is 3.65. The molecule has 1 saturated heterocycles. The Morgan fingerprint density at radius 2 is 2.06 bits per heavy atom. The van der Waals surface area contributed by atoms with Gasteiger partial charge in [0.15, 0.2) is 0 Å². The number of ketones is 1. The number of piperidine rings is 1. The maximum Gasteiger partial charge on any atom is 0.135 e. The van der Waals surface area contributed by atoms with Crippen molar-refractivity contribution >= 4 is 5.78 Å². The summed E-state index contributed by atoms with van der Waals surface area (Å²) in [5.41, 5.74) is 0. The van der Waals surface area contributed by atoms with Crippen LogP contribution in [0.4, 0.5) is 0 Å². The van der Waals surface area contributed by atoms with E-state index < -0.39 is 0 Å². The van der Waals surface area contributed by atoms with E-state index in [1.54, 1.807) is 6.92 Å². The summed E-state index contributed by atoms with van der Waals surface area (Å²) in [4.78, 5) is 13.5. The Labute approximate surface area is 104 Å². The summed E-state index contributed by atoms with van der Waals surface area (Å²) in [5, 5.41) is 9.18. The third-order valence-electron chi connectivity index (χ3n) is 3.02. The number of carbonyl (C=O) groups excluding carboxylic acids is 1. The molecule has 0 saturated carbocycles. The molecule has 1 N–H and O–H groups in total. The molecule has 3 heteroatoms. The van der Waals surface area contributed by atoms with Crippen LogP contribution in [0.25, 0.3) is 0 Å². The van der Waals surface area contributed by atoms with Crippen molar-refractivity contribution in [3.8, 4) is 11.8 Å². The van der Waals surface area contributed by atoms with Crippen molar-refractivity contribution < 1.29 is 9.90 Å². The number of hydrogen-bond donors (Lipinski definition) is 1. The third kappa shape index (κ3) is 5.34. The molecule has 17 heavy (non-hydrogen) atoms. The molecule has 0 aliphatic carbocycles. The van der Waals surface area contributed by atoms with Crippen molar-refractivity contribution in [2.75, 3.05) is 13.1 Å². The first-order valence-corrected chi connectivity index (χ1v) is 6.55. The quantitative estimate of drug-likeness (QED) is 0.755. The van der Waals surface area contributed by atoms with Crippen LogP contribution in [0, 0.1) is 11.8 Å². The van der Waals surface area contributed by atoms with Gasteiger partial charge in [0.05, 0.1) is 12.1 Å². The molecule has 0 aromatic heterocycles. The summed E-state index contributed by atoms with van der Waals surface area (Å²) < 4.78 is 0. The molecule has 1 rings (SSSR count). The van der Waals surface area contributed by atoms with Gasteiger partial charge in [0.25, 0.3) is 0 Å². The molecule has 0 aromatic rings. The van der Waals surface area contributed by atoms with Gasteiger partial charge in [0, 0.05) is 32.4 Å². The van der Waals surface area contributed by atoms with E-state index in [0.29, 0.717) is 25.0 Å². The lowest BCUT2D eigenvalue weighted by atomic mass is 10.0. The largest absolute Gasteiger partial charge is 0.392 e. The molecule has 1 unspecified atom stereocenters. The number of hydrogen-bond acceptors (Lipinski definition) is 3. The normalized spacial score (nSPS) is 20.5. The molecule has 1 fully saturated rings. The monoisotopic (exact) mass is 237 g/mol. The molecule has 2 atom stereocenters. The first-order chi connectivity index (χ1) is 8.13. The predicted molar refractivity (Wildman–Crippen MR) is 68.6 cm³/mol. The van der Waals surface area contributed by atoms with Gasteiger partial charge in [-0.15, -0.1) is 0 Å². The standard InChI is InChI=1S/C14H23NO2/c1-3-5-13(7-4-6-12(2)16)15-10-8-14(17)9-11-15/h12-13,16H,3,5-6,8-11H2,1-2H3/t12?,13-/m1/s1. The summed E-state index contributed by atoms with van der Waals surface area (Å²) >= 11 is 0. The van der Waals surface area contributed by atoms with E-state index in [1.165, 1.54) is 0 Å². The highest BCUT2D eigenvalue weighted by molar-refractivity contribution is 5.79. The van der Waals surface area contributed by atoms with Crippen LogP contribution in [0.2, 0.25) is 0 Å². The fourth-order valence-electron chi connectivity index (χ4n) is 2.03. The van der Waals surface area contributed by atoms with Crippen molar-refractivity contribution in [2.45, 2.75) is 58.1 Å². The molecule has 0 amide bonds. The Balaban J connectivity index is 2.51. The molecular formula is C14H23NO2. The predicted octanol–water partition coefficient (Wildman–Crippen LogP) is 1.59. The van der Waals surface area contributed by atoms with E-state index >= 15 is 0 Å². The van der Waals surface area contributed by atoms with Gasteiger partial charge in [0.2, 0.25) is 0 Å². The lowest BCUT2D eigenvalue weighted by Crippen LogP contribution is -2.40. The van der Waals surface area contributed by atoms with E-state index in [-0.39, 0.29) is 12.1 Å². The average Bonchev–Trinajstić information content (AvgIpc) is 2.29. The highest BCUT2D eigenvalue weighted by Crippen LogP contribution is 2.13. The highest BCUT2D eigenvalue weighted by atomic mass is 16.3. The number of rotatable bonds is 4. The smallest absolute Gasteiger partial charge is 0.135 e. The van der Waals surface area contributed by atoms with Crippen molar-refractivity contribution in [3.63, 3.8) is 0 Å². The fraction of sp³-hybridized carbons (Fsp3) is 0.786. The lowest BCUT2D eigenvalue weighted by molar-refractivity contribution is -0.121. The zero-order valence-electron chi connectivity index (χ0n) is 10.9. The Bertz CT molecular complexity index is 291. The van der Waals surface area contributed by atoms with E-state index in [9.17, 15) is 9.90 Å². The van der Waals surface area contributed by atoms with E-state index in [1.807, 2.05) is 0 Å². The summed E-state index contributed by atoms with van der Waals surface area (Å²) in [6.45, 7) is 5.58. The average molecular weight is 237 g/mol. The van der Waals surface area contributed by atoms with Crippen molar-refractivity contribution in [1.82, 2.24) is 4.90 Å². The molecule has 1 aliphatic heterocycles. The SMILES string of the molecule is CCC[C@H](C#CCC(C)O)N1CCC(=O)CC1. The molecule has 1 heterocycles. The Kier molecular flexibility index (Phi) is 6.25. The van der Waals surface area contributed by atoms with Crippen LogP contribution in [0.3, 0.4) is 0 Å². The number of likely N-dealkylation sites (tertiary alicyclic amines) is 1. The number of nitrogens with zero attached hydrogens (tertiary/aromatic N) is 1. The maximum absolute atomic E-state index is 11.2. The van der Waals surface area contributed by atoms with Crippen LogP contribution in [-0.4, -0.2) is 41.0 Å². The van der Waals surface area contributed by atoms with Gasteiger partial charge < -0.3 is 5.11 Å². The number of carbonyl (C=O) groups is 1. The van der Waals surface area contributed by atoms with Crippen molar-refractivity contribution in [2.24, 2.45) is 0 Å². The molecule has 0 aromatic carbocycles. The van der Waals surface area contributed by atoms with Crippen LogP contribution in [0.1, 0.15) is 46.0 Å². The van der Waals surface area contributed by atoms with E-state index in [2.05, 4.69) is 23.7 Å². The first kappa shape index (κ1) is 14.2. The van der Waals surface area contributed by atoms with Crippen molar-refractivity contribution in [1.29, 1.82) is 0 Å². The van der Waals surface area contributed by atoms with Gasteiger partial charge >= 0.3 is 0 Å². The van der Waals surface area contributed by atoms with Crippen LogP contribution in [-0.2, 0) is 4.79 Å². The Morgan fingerprint density at radius 3 is 2.59 bits per heavy atom. The van der Waals surface area contributed by atoms with Gasteiger partial charge in [-0.25, -0.2) is 0 Å². The highest BCUT2D eigenvalue weighted by Gasteiger charge is 2.21. The van der Waals surface area contributed by atoms with Gasteiger partial charge in [-0.3, -0.25) is 9.69 Å². The summed E-state index contributed by atoms with van der Waals surface area (Å²) in [7, 11) is 0. The minimum atomic E-state index is -0.354. The number of aliphatic hydroxyl groups excluding tert-OH is 1. The third-order valence-corrected chi connectivity index (χ3v) is 3.02. The minimum Gasteiger partial charge on any atom is -0.392 e. The molecular weight excluding hydrogens is 214 g/mol. The zero-order chi connectivity index (χ0) is 12.7. The van der Waals surface area contributed by atoms with Crippen molar-refractivity contribution in [3.05, 3.63) is 0 Å². The number of Topliss-reactive ketones (excluding diaryl/α,β-unsaturated/α-hetero) is 1. The Morgan fingerprint density at radius 1 is 1.41 bits per heavy atom.